The van der Waals surface area contributed by atoms with Crippen molar-refractivity contribution in [3.63, 3.8) is 0 Å². The molecule has 0 aliphatic carbocycles. The third-order valence-electron chi connectivity index (χ3n) is 8.84. The first-order valence-corrected chi connectivity index (χ1v) is 13.8. The lowest BCUT2D eigenvalue weighted by atomic mass is 9.97. The highest BCUT2D eigenvalue weighted by molar-refractivity contribution is 6.00. The van der Waals surface area contributed by atoms with Crippen molar-refractivity contribution in [1.29, 1.82) is 0 Å². The van der Waals surface area contributed by atoms with Gasteiger partial charge in [-0.3, -0.25) is 28.9 Å². The Morgan fingerprint density at radius 1 is 0.921 bits per heavy atom. The maximum atomic E-state index is 13.1. The predicted molar refractivity (Wildman–Crippen MR) is 147 cm³/mol. The maximum absolute atomic E-state index is 13.1. The molecular formula is C29H36N6O3. The standard InChI is InChI=1S/C29H36N6O3/c1-32-26-16-20(4-7-24(26)35(29(32)38)25-8-9-27(36)31-28(25)37)21-10-13-34(18-21)23-11-14-33(15-12-23)22-5-2-19(17-30)3-6-22/h2-7,16,21,23,25H,8-15,17-18,30H2,1H3,(H,31,36,37). The molecule has 0 spiro atoms. The first kappa shape index (κ1) is 24.9. The normalized spacial score (nSPS) is 23.4. The molecule has 3 N–H and O–H groups in total. The van der Waals surface area contributed by atoms with Gasteiger partial charge in [0.2, 0.25) is 11.8 Å². The minimum atomic E-state index is -0.652. The van der Waals surface area contributed by atoms with Crippen molar-refractivity contribution in [2.75, 3.05) is 31.1 Å². The fourth-order valence-electron chi connectivity index (χ4n) is 6.59. The number of piperidine rings is 2. The van der Waals surface area contributed by atoms with Gasteiger partial charge in [-0.05, 0) is 73.5 Å². The van der Waals surface area contributed by atoms with E-state index in [4.69, 9.17) is 5.73 Å². The molecule has 3 fully saturated rings. The maximum Gasteiger partial charge on any atom is 0.329 e. The number of benzene rings is 2. The molecule has 3 saturated heterocycles. The van der Waals surface area contributed by atoms with Crippen LogP contribution in [0.1, 0.15) is 55.2 Å². The minimum absolute atomic E-state index is 0.218. The van der Waals surface area contributed by atoms with Gasteiger partial charge in [-0.2, -0.15) is 0 Å². The highest BCUT2D eigenvalue weighted by atomic mass is 16.2. The predicted octanol–water partition coefficient (Wildman–Crippen LogP) is 2.23. The average Bonchev–Trinajstić information content (AvgIpc) is 3.53. The summed E-state index contributed by atoms with van der Waals surface area (Å²) in [5.74, 6) is -0.250. The van der Waals surface area contributed by atoms with Gasteiger partial charge in [0.25, 0.3) is 0 Å². The average molecular weight is 517 g/mol. The highest BCUT2D eigenvalue weighted by Crippen LogP contribution is 2.34. The Morgan fingerprint density at radius 2 is 1.68 bits per heavy atom. The second kappa shape index (κ2) is 10.0. The molecule has 9 heteroatoms. The van der Waals surface area contributed by atoms with Crippen LogP contribution in [-0.2, 0) is 23.2 Å². The number of hydrogen-bond acceptors (Lipinski definition) is 6. The van der Waals surface area contributed by atoms with Crippen LogP contribution in [-0.4, -0.2) is 58.1 Å². The van der Waals surface area contributed by atoms with E-state index in [0.29, 0.717) is 24.9 Å². The second-order valence-electron chi connectivity index (χ2n) is 11.0. The zero-order valence-electron chi connectivity index (χ0n) is 21.9. The first-order chi connectivity index (χ1) is 18.4. The summed E-state index contributed by atoms with van der Waals surface area (Å²) >= 11 is 0. The van der Waals surface area contributed by atoms with Gasteiger partial charge in [0.15, 0.2) is 0 Å². The molecule has 4 heterocycles. The number of rotatable bonds is 5. The quantitative estimate of drug-likeness (QED) is 0.504. The molecule has 3 aliphatic rings. The Bertz CT molecular complexity index is 1420. The molecule has 2 unspecified atom stereocenters. The topological polar surface area (TPSA) is 106 Å². The van der Waals surface area contributed by atoms with E-state index >= 15 is 0 Å². The largest absolute Gasteiger partial charge is 0.371 e. The van der Waals surface area contributed by atoms with E-state index in [2.05, 4.69) is 51.5 Å². The van der Waals surface area contributed by atoms with E-state index in [1.54, 1.807) is 16.2 Å². The van der Waals surface area contributed by atoms with Crippen molar-refractivity contribution in [3.05, 3.63) is 64.1 Å². The summed E-state index contributed by atoms with van der Waals surface area (Å²) < 4.78 is 3.18. The Kier molecular flexibility index (Phi) is 6.57. The molecular weight excluding hydrogens is 480 g/mol. The van der Waals surface area contributed by atoms with Crippen molar-refractivity contribution in [2.24, 2.45) is 12.8 Å². The van der Waals surface area contributed by atoms with E-state index in [1.165, 1.54) is 11.3 Å². The van der Waals surface area contributed by atoms with Gasteiger partial charge in [0.05, 0.1) is 11.0 Å². The van der Waals surface area contributed by atoms with Crippen LogP contribution in [0.4, 0.5) is 5.69 Å². The molecule has 2 atom stereocenters. The number of imidazole rings is 1. The van der Waals surface area contributed by atoms with Crippen molar-refractivity contribution in [1.82, 2.24) is 19.4 Å². The third kappa shape index (κ3) is 4.43. The number of aromatic nitrogens is 2. The molecule has 9 nitrogen and oxygen atoms in total. The van der Waals surface area contributed by atoms with Crippen molar-refractivity contribution in [3.8, 4) is 0 Å². The lowest BCUT2D eigenvalue weighted by Gasteiger charge is -2.38. The van der Waals surface area contributed by atoms with Gasteiger partial charge in [-0.25, -0.2) is 4.79 Å². The van der Waals surface area contributed by atoms with E-state index < -0.39 is 11.9 Å². The Balaban J connectivity index is 1.14. The van der Waals surface area contributed by atoms with E-state index in [1.807, 2.05) is 6.07 Å². The number of nitrogens with one attached hydrogen (secondary N) is 1. The molecule has 3 aliphatic heterocycles. The zero-order valence-corrected chi connectivity index (χ0v) is 21.9. The zero-order chi connectivity index (χ0) is 26.4. The van der Waals surface area contributed by atoms with Crippen molar-refractivity contribution < 1.29 is 9.59 Å². The summed E-state index contributed by atoms with van der Waals surface area (Å²) in [6, 6.07) is 14.8. The molecule has 2 aromatic carbocycles. The molecule has 0 saturated carbocycles. The van der Waals surface area contributed by atoms with Gasteiger partial charge in [0.1, 0.15) is 6.04 Å². The first-order valence-electron chi connectivity index (χ1n) is 13.8. The molecule has 200 valence electrons. The summed E-state index contributed by atoms with van der Waals surface area (Å²) in [5.41, 5.74) is 10.8. The number of carbonyl (C=O) groups excluding carboxylic acids is 2. The Labute approximate surface area is 222 Å². The van der Waals surface area contributed by atoms with Crippen LogP contribution in [0.3, 0.4) is 0 Å². The Morgan fingerprint density at radius 3 is 2.39 bits per heavy atom. The molecule has 3 aromatic rings. The number of carbonyl (C=O) groups is 2. The monoisotopic (exact) mass is 516 g/mol. The van der Waals surface area contributed by atoms with Crippen LogP contribution >= 0.6 is 0 Å². The number of imide groups is 1. The number of amides is 2. The lowest BCUT2D eigenvalue weighted by Crippen LogP contribution is -2.44. The van der Waals surface area contributed by atoms with E-state index in [-0.39, 0.29) is 18.0 Å². The number of nitrogens with two attached hydrogens (primary N) is 1. The number of nitrogens with zero attached hydrogens (tertiary/aromatic N) is 4. The molecule has 38 heavy (non-hydrogen) atoms. The van der Waals surface area contributed by atoms with Gasteiger partial charge >= 0.3 is 5.69 Å². The number of fused-ring (bicyclic) bond motifs is 1. The van der Waals surface area contributed by atoms with Gasteiger partial charge in [-0.1, -0.05) is 18.2 Å². The highest BCUT2D eigenvalue weighted by Gasteiger charge is 2.33. The van der Waals surface area contributed by atoms with E-state index in [0.717, 1.165) is 62.0 Å². The third-order valence-corrected chi connectivity index (χ3v) is 8.84. The van der Waals surface area contributed by atoms with Crippen LogP contribution in [0.5, 0.6) is 0 Å². The summed E-state index contributed by atoms with van der Waals surface area (Å²) in [6.45, 7) is 4.83. The minimum Gasteiger partial charge on any atom is -0.371 e. The fourth-order valence-corrected chi connectivity index (χ4v) is 6.59. The van der Waals surface area contributed by atoms with E-state index in [9.17, 15) is 14.4 Å². The number of aryl methyl sites for hydroxylation is 1. The number of hydrogen-bond donors (Lipinski definition) is 2. The molecule has 0 bridgehead atoms. The van der Waals surface area contributed by atoms with Crippen LogP contribution < -0.4 is 21.6 Å². The summed E-state index contributed by atoms with van der Waals surface area (Å²) in [5, 5.41) is 2.38. The van der Waals surface area contributed by atoms with Crippen LogP contribution in [0, 0.1) is 0 Å². The molecule has 1 aromatic heterocycles. The van der Waals surface area contributed by atoms with Crippen molar-refractivity contribution in [2.45, 2.75) is 56.7 Å². The second-order valence-corrected chi connectivity index (χ2v) is 11.0. The molecule has 6 rings (SSSR count). The summed E-state index contributed by atoms with van der Waals surface area (Å²) in [4.78, 5) is 42.3. The smallest absolute Gasteiger partial charge is 0.329 e. The van der Waals surface area contributed by atoms with Gasteiger partial charge in [-0.15, -0.1) is 0 Å². The van der Waals surface area contributed by atoms with Crippen LogP contribution in [0.2, 0.25) is 0 Å². The molecule has 2 amide bonds. The fraction of sp³-hybridized carbons (Fsp3) is 0.483. The molecule has 0 radical (unpaired) electrons. The van der Waals surface area contributed by atoms with Gasteiger partial charge in [0, 0.05) is 51.4 Å². The van der Waals surface area contributed by atoms with Crippen molar-refractivity contribution >= 4 is 28.5 Å². The summed E-state index contributed by atoms with van der Waals surface area (Å²) in [7, 11) is 1.76. The Hall–Kier alpha value is -3.43. The lowest BCUT2D eigenvalue weighted by molar-refractivity contribution is -0.135. The van der Waals surface area contributed by atoms with Gasteiger partial charge < -0.3 is 10.6 Å². The van der Waals surface area contributed by atoms with Crippen LogP contribution in [0.15, 0.2) is 47.3 Å². The SMILES string of the molecule is Cn1c(=O)n(C2CCC(=O)NC2=O)c2ccc(C3CCN(C4CCN(c5ccc(CN)cc5)CC4)C3)cc21. The summed E-state index contributed by atoms with van der Waals surface area (Å²) in [6.07, 6.45) is 4.02. The number of anilines is 1. The number of likely N-dealkylation sites (tertiary alicyclic amines) is 1. The van der Waals surface area contributed by atoms with Crippen LogP contribution in [0.25, 0.3) is 11.0 Å².